The molecular weight excluding hydrogens is 428 g/mol. The van der Waals surface area contributed by atoms with Crippen molar-refractivity contribution < 1.29 is 19.1 Å². The third-order valence-electron chi connectivity index (χ3n) is 6.24. The smallest absolute Gasteiger partial charge is 0.162 e. The molecule has 192 valence electrons. The second kappa shape index (κ2) is 15.4. The summed E-state index contributed by atoms with van der Waals surface area (Å²) in [7, 11) is 0. The lowest BCUT2D eigenvalue weighted by molar-refractivity contribution is -0.115. The standard InChI is InChI=1S/C28H46N2O4/c1-24(26(31)9-5-7-13-29-15-19-33-20-16-29)23-25(11-12-28(2,3)4)27(32)10-6-8-14-30-17-21-34-22-18-30/h11-12,23H,1,5-10,13-22H2,2-4H3/b12-11+,25-23+. The molecule has 2 aliphatic heterocycles. The first-order valence-electron chi connectivity index (χ1n) is 13.0. The molecule has 6 heteroatoms. The van der Waals surface area contributed by atoms with E-state index in [1.807, 2.05) is 12.2 Å². The molecule has 0 unspecified atom stereocenters. The summed E-state index contributed by atoms with van der Waals surface area (Å²) < 4.78 is 10.8. The zero-order valence-electron chi connectivity index (χ0n) is 21.8. The van der Waals surface area contributed by atoms with Gasteiger partial charge in [0.25, 0.3) is 0 Å². The molecule has 6 nitrogen and oxygen atoms in total. The van der Waals surface area contributed by atoms with E-state index in [0.717, 1.165) is 91.4 Å². The van der Waals surface area contributed by atoms with Crippen LogP contribution in [-0.2, 0) is 19.1 Å². The zero-order chi connectivity index (χ0) is 24.8. The fourth-order valence-electron chi connectivity index (χ4n) is 4.03. The number of ketones is 2. The fourth-order valence-corrected chi connectivity index (χ4v) is 4.03. The largest absolute Gasteiger partial charge is 0.379 e. The van der Waals surface area contributed by atoms with Crippen LogP contribution >= 0.6 is 0 Å². The predicted molar refractivity (Wildman–Crippen MR) is 138 cm³/mol. The first kappa shape index (κ1) is 28.6. The fraction of sp³-hybridized carbons (Fsp3) is 0.714. The predicted octanol–water partition coefficient (Wildman–Crippen LogP) is 4.21. The second-order valence-electron chi connectivity index (χ2n) is 10.5. The lowest BCUT2D eigenvalue weighted by Crippen LogP contribution is -2.36. The van der Waals surface area contributed by atoms with E-state index < -0.39 is 0 Å². The van der Waals surface area contributed by atoms with Crippen LogP contribution in [0.4, 0.5) is 0 Å². The van der Waals surface area contributed by atoms with Crippen molar-refractivity contribution in [3.63, 3.8) is 0 Å². The van der Waals surface area contributed by atoms with Gasteiger partial charge in [-0.3, -0.25) is 19.4 Å². The van der Waals surface area contributed by atoms with Crippen LogP contribution in [-0.4, -0.2) is 87.1 Å². The molecule has 2 fully saturated rings. The molecule has 0 aromatic heterocycles. The van der Waals surface area contributed by atoms with E-state index >= 15 is 0 Å². The van der Waals surface area contributed by atoms with Crippen molar-refractivity contribution in [1.29, 1.82) is 0 Å². The van der Waals surface area contributed by atoms with Gasteiger partial charge in [0.2, 0.25) is 0 Å². The van der Waals surface area contributed by atoms with Crippen molar-refractivity contribution in [3.8, 4) is 0 Å². The maximum Gasteiger partial charge on any atom is 0.162 e. The number of ether oxygens (including phenoxy) is 2. The maximum absolute atomic E-state index is 13.0. The van der Waals surface area contributed by atoms with Gasteiger partial charge < -0.3 is 9.47 Å². The average Bonchev–Trinajstić information content (AvgIpc) is 2.82. The summed E-state index contributed by atoms with van der Waals surface area (Å²) in [5.41, 5.74) is 0.982. The first-order chi connectivity index (χ1) is 16.2. The Morgan fingerprint density at radius 1 is 0.794 bits per heavy atom. The lowest BCUT2D eigenvalue weighted by atomic mass is 9.93. The Bertz CT molecular complexity index is 708. The number of nitrogens with zero attached hydrogens (tertiary/aromatic N) is 2. The summed E-state index contributed by atoms with van der Waals surface area (Å²) >= 11 is 0. The third kappa shape index (κ3) is 12.2. The highest BCUT2D eigenvalue weighted by Crippen LogP contribution is 2.19. The van der Waals surface area contributed by atoms with E-state index in [0.29, 0.717) is 24.0 Å². The Morgan fingerprint density at radius 2 is 1.26 bits per heavy atom. The van der Waals surface area contributed by atoms with Crippen LogP contribution in [0.2, 0.25) is 0 Å². The van der Waals surface area contributed by atoms with Crippen LogP contribution in [0, 0.1) is 5.41 Å². The molecule has 0 aromatic rings. The van der Waals surface area contributed by atoms with Crippen LogP contribution in [0.5, 0.6) is 0 Å². The van der Waals surface area contributed by atoms with Gasteiger partial charge in [-0.05, 0) is 50.3 Å². The van der Waals surface area contributed by atoms with Crippen LogP contribution in [0.15, 0.2) is 36.0 Å². The van der Waals surface area contributed by atoms with Gasteiger partial charge in [-0.1, -0.05) is 39.5 Å². The number of allylic oxidation sites excluding steroid dienone is 5. The topological polar surface area (TPSA) is 59.1 Å². The molecule has 0 spiro atoms. The molecule has 0 saturated carbocycles. The van der Waals surface area contributed by atoms with Gasteiger partial charge in [0.15, 0.2) is 11.6 Å². The number of Topliss-reactive ketones (excluding diaryl/α,β-unsaturated/α-hetero) is 2. The van der Waals surface area contributed by atoms with Crippen LogP contribution in [0.25, 0.3) is 0 Å². The molecule has 34 heavy (non-hydrogen) atoms. The molecule has 2 aliphatic rings. The number of unbranched alkanes of at least 4 members (excludes halogenated alkanes) is 2. The molecule has 0 N–H and O–H groups in total. The van der Waals surface area contributed by atoms with Gasteiger partial charge in [-0.2, -0.15) is 0 Å². The molecule has 0 atom stereocenters. The van der Waals surface area contributed by atoms with Crippen molar-refractivity contribution >= 4 is 11.6 Å². The minimum Gasteiger partial charge on any atom is -0.379 e. The number of hydrogen-bond acceptors (Lipinski definition) is 6. The van der Waals surface area contributed by atoms with Crippen molar-refractivity contribution in [1.82, 2.24) is 9.80 Å². The highest BCUT2D eigenvalue weighted by Gasteiger charge is 2.15. The van der Waals surface area contributed by atoms with Gasteiger partial charge in [0.1, 0.15) is 0 Å². The Morgan fingerprint density at radius 3 is 1.74 bits per heavy atom. The Kier molecular flexibility index (Phi) is 13.0. The summed E-state index contributed by atoms with van der Waals surface area (Å²) in [4.78, 5) is 30.4. The summed E-state index contributed by atoms with van der Waals surface area (Å²) in [6.45, 7) is 19.4. The molecule has 0 bridgehead atoms. The number of carbonyl (C=O) groups excluding carboxylic acids is 2. The Hall–Kier alpha value is -1.60. The Balaban J connectivity index is 1.82. The number of hydrogen-bond donors (Lipinski definition) is 0. The van der Waals surface area contributed by atoms with Gasteiger partial charge >= 0.3 is 0 Å². The van der Waals surface area contributed by atoms with Crippen LogP contribution in [0.1, 0.15) is 59.3 Å². The molecule has 0 aliphatic carbocycles. The van der Waals surface area contributed by atoms with Crippen LogP contribution in [0.3, 0.4) is 0 Å². The van der Waals surface area contributed by atoms with E-state index in [1.54, 1.807) is 6.08 Å². The first-order valence-corrected chi connectivity index (χ1v) is 13.0. The lowest BCUT2D eigenvalue weighted by Gasteiger charge is -2.26. The SMILES string of the molecule is C=C(/C=C(\C=C\C(C)(C)C)C(=O)CCCCN1CCOCC1)C(=O)CCCCN1CCOCC1. The summed E-state index contributed by atoms with van der Waals surface area (Å²) in [6.07, 6.45) is 10.2. The highest BCUT2D eigenvalue weighted by atomic mass is 16.5. The van der Waals surface area contributed by atoms with Gasteiger partial charge in [0, 0.05) is 50.2 Å². The van der Waals surface area contributed by atoms with E-state index in [4.69, 9.17) is 9.47 Å². The monoisotopic (exact) mass is 474 g/mol. The zero-order valence-corrected chi connectivity index (χ0v) is 21.8. The summed E-state index contributed by atoms with van der Waals surface area (Å²) in [6, 6.07) is 0. The van der Waals surface area contributed by atoms with E-state index in [-0.39, 0.29) is 17.0 Å². The molecule has 2 saturated heterocycles. The molecule has 0 amide bonds. The van der Waals surface area contributed by atoms with E-state index in [2.05, 4.69) is 37.1 Å². The van der Waals surface area contributed by atoms with Crippen molar-refractivity contribution in [2.75, 3.05) is 65.7 Å². The summed E-state index contributed by atoms with van der Waals surface area (Å²) in [5, 5.41) is 0. The van der Waals surface area contributed by atoms with Crippen LogP contribution < -0.4 is 0 Å². The minimum absolute atomic E-state index is 0.0313. The van der Waals surface area contributed by atoms with E-state index in [1.165, 1.54) is 0 Å². The van der Waals surface area contributed by atoms with E-state index in [9.17, 15) is 9.59 Å². The van der Waals surface area contributed by atoms with Gasteiger partial charge in [-0.25, -0.2) is 0 Å². The number of rotatable bonds is 14. The van der Waals surface area contributed by atoms with Crippen molar-refractivity contribution in [3.05, 3.63) is 36.0 Å². The normalized spacial score (nSPS) is 19.0. The maximum atomic E-state index is 13.0. The minimum atomic E-state index is -0.0411. The average molecular weight is 475 g/mol. The second-order valence-corrected chi connectivity index (χ2v) is 10.5. The van der Waals surface area contributed by atoms with Gasteiger partial charge in [0.05, 0.1) is 26.4 Å². The molecule has 2 rings (SSSR count). The van der Waals surface area contributed by atoms with Crippen molar-refractivity contribution in [2.45, 2.75) is 59.3 Å². The Labute approximate surface area is 207 Å². The molecular formula is C28H46N2O4. The molecule has 2 heterocycles. The van der Waals surface area contributed by atoms with Crippen molar-refractivity contribution in [2.24, 2.45) is 5.41 Å². The quantitative estimate of drug-likeness (QED) is 0.213. The molecule has 0 radical (unpaired) electrons. The van der Waals surface area contributed by atoms with Gasteiger partial charge in [-0.15, -0.1) is 0 Å². The molecule has 0 aromatic carbocycles. The highest BCUT2D eigenvalue weighted by molar-refractivity contribution is 6.03. The third-order valence-corrected chi connectivity index (χ3v) is 6.24. The number of morpholine rings is 2. The number of carbonyl (C=O) groups is 2. The summed E-state index contributed by atoms with van der Waals surface area (Å²) in [5.74, 6) is 0.118.